The summed E-state index contributed by atoms with van der Waals surface area (Å²) in [5.74, 6) is -0.514. The summed E-state index contributed by atoms with van der Waals surface area (Å²) in [4.78, 5) is 27.4. The first kappa shape index (κ1) is 21.2. The van der Waals surface area contributed by atoms with Gasteiger partial charge in [-0.1, -0.05) is 24.3 Å². The molecule has 1 amide bonds. The van der Waals surface area contributed by atoms with Gasteiger partial charge in [-0.15, -0.1) is 0 Å². The van der Waals surface area contributed by atoms with E-state index in [1.807, 2.05) is 31.2 Å². The van der Waals surface area contributed by atoms with Gasteiger partial charge in [0.2, 0.25) is 0 Å². The zero-order valence-corrected chi connectivity index (χ0v) is 18.9. The predicted molar refractivity (Wildman–Crippen MR) is 123 cm³/mol. The second kappa shape index (κ2) is 8.97. The number of ether oxygens (including phenoxy) is 1. The van der Waals surface area contributed by atoms with E-state index in [0.29, 0.717) is 23.7 Å². The number of ketones is 1. The van der Waals surface area contributed by atoms with Gasteiger partial charge in [-0.2, -0.15) is 0 Å². The van der Waals surface area contributed by atoms with Crippen molar-refractivity contribution in [2.24, 2.45) is 0 Å². The molecule has 0 aliphatic carbocycles. The number of aliphatic hydroxyl groups excluding tert-OH is 1. The van der Waals surface area contributed by atoms with Gasteiger partial charge in [-0.25, -0.2) is 0 Å². The minimum atomic E-state index is -0.738. The molecule has 4 rings (SSSR count). The highest BCUT2D eigenvalue weighted by molar-refractivity contribution is 14.1. The maximum absolute atomic E-state index is 13.0. The Hall–Kier alpha value is -3.07. The zero-order valence-electron chi connectivity index (χ0n) is 16.7. The lowest BCUT2D eigenvalue weighted by molar-refractivity contribution is -0.140. The SMILES string of the molecule is CCOc1cccc(C(O)=C2C(=O)C(=O)N(Cc3ccco3)C2c2ccc(I)cc2)c1. The molecule has 158 valence electrons. The van der Waals surface area contributed by atoms with Crippen molar-refractivity contribution in [3.63, 3.8) is 0 Å². The lowest BCUT2D eigenvalue weighted by atomic mass is 9.95. The Morgan fingerprint density at radius 1 is 1.13 bits per heavy atom. The Morgan fingerprint density at radius 3 is 2.58 bits per heavy atom. The molecule has 1 aliphatic rings. The van der Waals surface area contributed by atoms with Crippen LogP contribution in [0.4, 0.5) is 0 Å². The molecule has 1 aliphatic heterocycles. The average molecular weight is 529 g/mol. The quantitative estimate of drug-likeness (QED) is 0.213. The lowest BCUT2D eigenvalue weighted by Crippen LogP contribution is -2.29. The second-order valence-electron chi connectivity index (χ2n) is 7.02. The van der Waals surface area contributed by atoms with Crippen LogP contribution in [0.1, 0.15) is 29.9 Å². The van der Waals surface area contributed by atoms with Crippen LogP contribution in [0.2, 0.25) is 0 Å². The summed E-state index contributed by atoms with van der Waals surface area (Å²) in [6.07, 6.45) is 1.52. The molecule has 1 N–H and O–H groups in total. The molecular weight excluding hydrogens is 509 g/mol. The molecule has 2 heterocycles. The van der Waals surface area contributed by atoms with E-state index < -0.39 is 17.7 Å². The zero-order chi connectivity index (χ0) is 22.0. The molecule has 0 spiro atoms. The predicted octanol–water partition coefficient (Wildman–Crippen LogP) is 4.90. The monoisotopic (exact) mass is 529 g/mol. The van der Waals surface area contributed by atoms with E-state index in [1.165, 1.54) is 11.2 Å². The highest BCUT2D eigenvalue weighted by Gasteiger charge is 2.46. The Kier molecular flexibility index (Phi) is 6.13. The van der Waals surface area contributed by atoms with Gasteiger partial charge in [0.25, 0.3) is 11.7 Å². The molecule has 2 aromatic carbocycles. The van der Waals surface area contributed by atoms with Crippen molar-refractivity contribution in [3.8, 4) is 5.75 Å². The van der Waals surface area contributed by atoms with Gasteiger partial charge in [-0.3, -0.25) is 9.59 Å². The summed E-state index contributed by atoms with van der Waals surface area (Å²) in [6, 6.07) is 17.1. The molecule has 1 fully saturated rings. The molecule has 1 atom stereocenters. The molecule has 1 unspecified atom stereocenters. The van der Waals surface area contributed by atoms with Gasteiger partial charge in [0.15, 0.2) is 0 Å². The standard InChI is InChI=1S/C24H20INO5/c1-2-30-18-6-3-5-16(13-18)22(27)20-21(15-8-10-17(25)11-9-15)26(24(29)23(20)28)14-19-7-4-12-31-19/h3-13,21,27H,2,14H2,1H3. The summed E-state index contributed by atoms with van der Waals surface area (Å²) in [5.41, 5.74) is 1.19. The van der Waals surface area contributed by atoms with E-state index >= 15 is 0 Å². The Balaban J connectivity index is 1.84. The summed E-state index contributed by atoms with van der Waals surface area (Å²) >= 11 is 2.19. The number of aliphatic hydroxyl groups is 1. The third-order valence-corrected chi connectivity index (χ3v) is 5.77. The van der Waals surface area contributed by atoms with Gasteiger partial charge in [-0.05, 0) is 71.5 Å². The number of rotatable bonds is 6. The number of nitrogens with zero attached hydrogens (tertiary/aromatic N) is 1. The van der Waals surface area contributed by atoms with Gasteiger partial charge < -0.3 is 19.2 Å². The highest BCUT2D eigenvalue weighted by Crippen LogP contribution is 2.40. The van der Waals surface area contributed by atoms with Gasteiger partial charge >= 0.3 is 0 Å². The highest BCUT2D eigenvalue weighted by atomic mass is 127. The number of halogens is 1. The third-order valence-electron chi connectivity index (χ3n) is 5.05. The average Bonchev–Trinajstić information content (AvgIpc) is 3.37. The number of hydrogen-bond donors (Lipinski definition) is 1. The smallest absolute Gasteiger partial charge is 0.296 e. The number of likely N-dealkylation sites (tertiary alicyclic amines) is 1. The van der Waals surface area contributed by atoms with E-state index in [2.05, 4.69) is 22.6 Å². The number of hydrogen-bond acceptors (Lipinski definition) is 5. The van der Waals surface area contributed by atoms with E-state index in [-0.39, 0.29) is 17.9 Å². The summed E-state index contributed by atoms with van der Waals surface area (Å²) in [5, 5.41) is 11.1. The van der Waals surface area contributed by atoms with Crippen molar-refractivity contribution in [1.29, 1.82) is 0 Å². The fourth-order valence-electron chi connectivity index (χ4n) is 3.66. The van der Waals surface area contributed by atoms with Crippen molar-refractivity contribution in [2.45, 2.75) is 19.5 Å². The van der Waals surface area contributed by atoms with Crippen molar-refractivity contribution in [2.75, 3.05) is 6.61 Å². The van der Waals surface area contributed by atoms with Crippen LogP contribution in [0, 0.1) is 3.57 Å². The molecule has 1 aromatic heterocycles. The van der Waals surface area contributed by atoms with E-state index in [0.717, 1.165) is 9.13 Å². The number of furan rings is 1. The van der Waals surface area contributed by atoms with E-state index in [1.54, 1.807) is 36.4 Å². The molecule has 0 radical (unpaired) electrons. The van der Waals surface area contributed by atoms with Crippen LogP contribution in [0.25, 0.3) is 5.76 Å². The summed E-state index contributed by atoms with van der Waals surface area (Å²) in [6.45, 7) is 2.45. The summed E-state index contributed by atoms with van der Waals surface area (Å²) in [7, 11) is 0. The van der Waals surface area contributed by atoms with Crippen molar-refractivity contribution < 1.29 is 23.8 Å². The molecule has 31 heavy (non-hydrogen) atoms. The maximum atomic E-state index is 13.0. The molecular formula is C24H20INO5. The van der Waals surface area contributed by atoms with E-state index in [4.69, 9.17) is 9.15 Å². The van der Waals surface area contributed by atoms with Crippen LogP contribution >= 0.6 is 22.6 Å². The fourth-order valence-corrected chi connectivity index (χ4v) is 4.02. The topological polar surface area (TPSA) is 80.0 Å². The van der Waals surface area contributed by atoms with Crippen LogP contribution in [-0.4, -0.2) is 28.3 Å². The first-order chi connectivity index (χ1) is 15.0. The maximum Gasteiger partial charge on any atom is 0.296 e. The minimum Gasteiger partial charge on any atom is -0.507 e. The Labute approximate surface area is 193 Å². The Morgan fingerprint density at radius 2 is 1.90 bits per heavy atom. The molecule has 3 aromatic rings. The minimum absolute atomic E-state index is 0.0476. The van der Waals surface area contributed by atoms with Crippen LogP contribution in [-0.2, 0) is 16.1 Å². The number of carbonyl (C=O) groups excluding carboxylic acids is 2. The van der Waals surface area contributed by atoms with Crippen molar-refractivity contribution in [1.82, 2.24) is 4.90 Å². The first-order valence-electron chi connectivity index (χ1n) is 9.79. The lowest BCUT2D eigenvalue weighted by Gasteiger charge is -2.24. The van der Waals surface area contributed by atoms with Crippen LogP contribution in [0.15, 0.2) is 76.9 Å². The van der Waals surface area contributed by atoms with Gasteiger partial charge in [0.05, 0.1) is 31.0 Å². The third kappa shape index (κ3) is 4.23. The largest absolute Gasteiger partial charge is 0.507 e. The second-order valence-corrected chi connectivity index (χ2v) is 8.26. The molecule has 6 nitrogen and oxygen atoms in total. The van der Waals surface area contributed by atoms with Crippen molar-refractivity contribution >= 4 is 40.0 Å². The first-order valence-corrected chi connectivity index (χ1v) is 10.9. The van der Waals surface area contributed by atoms with E-state index in [9.17, 15) is 14.7 Å². The van der Waals surface area contributed by atoms with Crippen molar-refractivity contribution in [3.05, 3.63) is 93.0 Å². The number of Topliss-reactive ketones (excluding diaryl/α,β-unsaturated/α-hetero) is 1. The molecule has 7 heteroatoms. The van der Waals surface area contributed by atoms with Crippen LogP contribution in [0.5, 0.6) is 5.75 Å². The molecule has 0 bridgehead atoms. The van der Waals surface area contributed by atoms with Gasteiger partial charge in [0.1, 0.15) is 17.3 Å². The fraction of sp³-hybridized carbons (Fsp3) is 0.167. The molecule has 1 saturated heterocycles. The normalized spacial score (nSPS) is 17.9. The number of amides is 1. The molecule has 0 saturated carbocycles. The Bertz CT molecular complexity index is 1140. The number of benzene rings is 2. The van der Waals surface area contributed by atoms with Gasteiger partial charge in [0, 0.05) is 9.13 Å². The number of carbonyl (C=O) groups is 2. The van der Waals surface area contributed by atoms with Crippen LogP contribution in [0.3, 0.4) is 0 Å². The van der Waals surface area contributed by atoms with Crippen LogP contribution < -0.4 is 4.74 Å². The summed E-state index contributed by atoms with van der Waals surface area (Å²) < 4.78 is 11.9.